The van der Waals surface area contributed by atoms with E-state index in [4.69, 9.17) is 5.84 Å². The van der Waals surface area contributed by atoms with E-state index in [0.29, 0.717) is 0 Å². The van der Waals surface area contributed by atoms with Crippen LogP contribution in [-0.4, -0.2) is 4.98 Å². The Morgan fingerprint density at radius 3 is 2.05 bits per heavy atom. The van der Waals surface area contributed by atoms with Gasteiger partial charge in [-0.1, -0.05) is 60.7 Å². The normalized spacial score (nSPS) is 12.0. The van der Waals surface area contributed by atoms with Crippen LogP contribution < -0.4 is 11.3 Å². The van der Waals surface area contributed by atoms with Crippen molar-refractivity contribution in [1.82, 2.24) is 10.4 Å². The van der Waals surface area contributed by atoms with Gasteiger partial charge in [0.25, 0.3) is 0 Å². The molecule has 3 N–H and O–H groups in total. The van der Waals surface area contributed by atoms with E-state index in [9.17, 15) is 0 Å². The Kier molecular flexibility index (Phi) is 4.05. The van der Waals surface area contributed by atoms with E-state index >= 15 is 0 Å². The summed E-state index contributed by atoms with van der Waals surface area (Å²) in [5, 5.41) is 0. The van der Waals surface area contributed by atoms with Crippen molar-refractivity contribution in [2.75, 3.05) is 0 Å². The van der Waals surface area contributed by atoms with Crippen molar-refractivity contribution >= 4 is 0 Å². The van der Waals surface area contributed by atoms with Crippen LogP contribution in [-0.2, 0) is 0 Å². The fraction of sp³-hybridized carbons (Fsp3) is 0.0556. The van der Waals surface area contributed by atoms with Crippen molar-refractivity contribution in [3.8, 4) is 11.1 Å². The van der Waals surface area contributed by atoms with Gasteiger partial charge in [-0.2, -0.15) is 0 Å². The van der Waals surface area contributed by atoms with Crippen molar-refractivity contribution in [3.05, 3.63) is 90.3 Å². The predicted octanol–water partition coefficient (Wildman–Crippen LogP) is 3.30. The van der Waals surface area contributed by atoms with E-state index < -0.39 is 0 Å². The third-order valence-corrected chi connectivity index (χ3v) is 3.50. The quantitative estimate of drug-likeness (QED) is 0.567. The van der Waals surface area contributed by atoms with Gasteiger partial charge in [-0.05, 0) is 28.8 Å². The van der Waals surface area contributed by atoms with Crippen molar-refractivity contribution in [1.29, 1.82) is 0 Å². The summed E-state index contributed by atoms with van der Waals surface area (Å²) in [4.78, 5) is 4.36. The van der Waals surface area contributed by atoms with Crippen molar-refractivity contribution in [2.24, 2.45) is 5.84 Å². The monoisotopic (exact) mass is 275 g/mol. The molecule has 0 aliphatic rings. The maximum Gasteiger partial charge on any atom is 0.0881 e. The van der Waals surface area contributed by atoms with Crippen molar-refractivity contribution < 1.29 is 0 Å². The van der Waals surface area contributed by atoms with E-state index in [-0.39, 0.29) is 6.04 Å². The zero-order valence-corrected chi connectivity index (χ0v) is 11.6. The summed E-state index contributed by atoms with van der Waals surface area (Å²) in [6.07, 6.45) is 1.78. The number of hydrogen-bond acceptors (Lipinski definition) is 3. The molecule has 3 heteroatoms. The highest BCUT2D eigenvalue weighted by molar-refractivity contribution is 5.63. The molecular formula is C18H17N3. The number of hydrazine groups is 1. The average Bonchev–Trinajstić information content (AvgIpc) is 2.58. The molecule has 3 nitrogen and oxygen atoms in total. The van der Waals surface area contributed by atoms with Gasteiger partial charge in [0.1, 0.15) is 0 Å². The lowest BCUT2D eigenvalue weighted by molar-refractivity contribution is 0.621. The number of nitrogens with two attached hydrogens (primary N) is 1. The third kappa shape index (κ3) is 2.99. The molecule has 0 saturated carbocycles. The highest BCUT2D eigenvalue weighted by Gasteiger charge is 2.13. The number of benzene rings is 2. The van der Waals surface area contributed by atoms with E-state index in [1.54, 1.807) is 6.20 Å². The lowest BCUT2D eigenvalue weighted by atomic mass is 9.99. The van der Waals surface area contributed by atoms with Crippen LogP contribution in [0, 0.1) is 0 Å². The van der Waals surface area contributed by atoms with Crippen molar-refractivity contribution in [2.45, 2.75) is 6.04 Å². The average molecular weight is 275 g/mol. The molecule has 0 aliphatic heterocycles. The van der Waals surface area contributed by atoms with Crippen LogP contribution >= 0.6 is 0 Å². The summed E-state index contributed by atoms with van der Waals surface area (Å²) in [5.74, 6) is 5.70. The molecule has 2 aromatic carbocycles. The number of aromatic nitrogens is 1. The minimum absolute atomic E-state index is 0.101. The number of nitrogens with zero attached hydrogens (tertiary/aromatic N) is 1. The zero-order valence-electron chi connectivity index (χ0n) is 11.6. The van der Waals surface area contributed by atoms with Crippen LogP contribution in [0.4, 0.5) is 0 Å². The standard InChI is InChI=1S/C18H17N3/c19-21-18(17-8-4-5-13-20-17)16-11-9-15(10-12-16)14-6-2-1-3-7-14/h1-13,18,21H,19H2. The van der Waals surface area contributed by atoms with Gasteiger partial charge in [-0.3, -0.25) is 10.8 Å². The molecule has 0 bridgehead atoms. The summed E-state index contributed by atoms with van der Waals surface area (Å²) in [7, 11) is 0. The number of pyridine rings is 1. The van der Waals surface area contributed by atoms with E-state index in [1.807, 2.05) is 36.4 Å². The molecule has 1 aromatic heterocycles. The summed E-state index contributed by atoms with van der Waals surface area (Å²) in [6, 6.07) is 24.4. The fourth-order valence-corrected chi connectivity index (χ4v) is 2.40. The third-order valence-electron chi connectivity index (χ3n) is 3.50. The van der Waals surface area contributed by atoms with E-state index in [2.05, 4.69) is 46.8 Å². The van der Waals surface area contributed by atoms with Gasteiger partial charge in [0.05, 0.1) is 11.7 Å². The molecule has 104 valence electrons. The first-order valence-electron chi connectivity index (χ1n) is 6.91. The van der Waals surface area contributed by atoms with Gasteiger partial charge >= 0.3 is 0 Å². The SMILES string of the molecule is NNC(c1ccc(-c2ccccc2)cc1)c1ccccn1. The second kappa shape index (κ2) is 6.31. The molecule has 0 spiro atoms. The molecule has 3 rings (SSSR count). The predicted molar refractivity (Wildman–Crippen MR) is 85.3 cm³/mol. The summed E-state index contributed by atoms with van der Waals surface area (Å²) < 4.78 is 0. The smallest absolute Gasteiger partial charge is 0.0881 e. The first kappa shape index (κ1) is 13.5. The van der Waals surface area contributed by atoms with Gasteiger partial charge in [-0.15, -0.1) is 0 Å². The van der Waals surface area contributed by atoms with Gasteiger partial charge in [-0.25, -0.2) is 5.43 Å². The molecule has 0 amide bonds. The Morgan fingerprint density at radius 1 is 0.762 bits per heavy atom. The van der Waals surface area contributed by atoms with Gasteiger partial charge in [0, 0.05) is 6.20 Å². The number of hydrogen-bond donors (Lipinski definition) is 2. The highest BCUT2D eigenvalue weighted by atomic mass is 15.2. The second-order valence-electron chi connectivity index (χ2n) is 4.84. The molecule has 21 heavy (non-hydrogen) atoms. The molecule has 0 aliphatic carbocycles. The van der Waals surface area contributed by atoms with Crippen LogP contribution in [0.15, 0.2) is 79.0 Å². The topological polar surface area (TPSA) is 50.9 Å². The van der Waals surface area contributed by atoms with Crippen LogP contribution in [0.3, 0.4) is 0 Å². The van der Waals surface area contributed by atoms with Gasteiger partial charge in [0.15, 0.2) is 0 Å². The Labute approximate surface area is 124 Å². The molecule has 0 radical (unpaired) electrons. The number of nitrogens with one attached hydrogen (secondary N) is 1. The zero-order chi connectivity index (χ0) is 14.5. The maximum atomic E-state index is 5.70. The van der Waals surface area contributed by atoms with Gasteiger partial charge in [0.2, 0.25) is 0 Å². The summed E-state index contributed by atoms with van der Waals surface area (Å²) in [5.41, 5.74) is 7.23. The Hall–Kier alpha value is -2.49. The minimum atomic E-state index is -0.101. The molecular weight excluding hydrogens is 258 g/mol. The van der Waals surface area contributed by atoms with Crippen LogP contribution in [0.5, 0.6) is 0 Å². The Morgan fingerprint density at radius 2 is 1.43 bits per heavy atom. The number of rotatable bonds is 4. The highest BCUT2D eigenvalue weighted by Crippen LogP contribution is 2.24. The Bertz CT molecular complexity index is 679. The second-order valence-corrected chi connectivity index (χ2v) is 4.84. The largest absolute Gasteiger partial charge is 0.271 e. The summed E-state index contributed by atoms with van der Waals surface area (Å²) in [6.45, 7) is 0. The maximum absolute atomic E-state index is 5.70. The molecule has 1 heterocycles. The van der Waals surface area contributed by atoms with E-state index in [0.717, 1.165) is 11.3 Å². The fourth-order valence-electron chi connectivity index (χ4n) is 2.40. The lowest BCUT2D eigenvalue weighted by Crippen LogP contribution is -2.29. The molecule has 0 fully saturated rings. The Balaban J connectivity index is 1.90. The first-order chi connectivity index (χ1) is 10.4. The minimum Gasteiger partial charge on any atom is -0.271 e. The van der Waals surface area contributed by atoms with Crippen molar-refractivity contribution in [3.63, 3.8) is 0 Å². The molecule has 1 atom stereocenters. The van der Waals surface area contributed by atoms with Crippen LogP contribution in [0.25, 0.3) is 11.1 Å². The molecule has 3 aromatic rings. The molecule has 1 unspecified atom stereocenters. The molecule has 0 saturated heterocycles. The van der Waals surface area contributed by atoms with E-state index in [1.165, 1.54) is 11.1 Å². The van der Waals surface area contributed by atoms with Crippen LogP contribution in [0.1, 0.15) is 17.3 Å². The van der Waals surface area contributed by atoms with Crippen LogP contribution in [0.2, 0.25) is 0 Å². The first-order valence-corrected chi connectivity index (χ1v) is 6.91. The van der Waals surface area contributed by atoms with Gasteiger partial charge < -0.3 is 0 Å². The lowest BCUT2D eigenvalue weighted by Gasteiger charge is -2.16. The summed E-state index contributed by atoms with van der Waals surface area (Å²) >= 11 is 0.